The molecule has 1 amide bonds. The molecule has 0 fully saturated rings. The Bertz CT molecular complexity index is 1120. The maximum absolute atomic E-state index is 13.2. The van der Waals surface area contributed by atoms with Crippen LogP contribution in [0, 0.1) is 0 Å². The number of hydrogen-bond donors (Lipinski definition) is 2. The second kappa shape index (κ2) is 6.85. The van der Waals surface area contributed by atoms with Gasteiger partial charge < -0.3 is 10.3 Å². The van der Waals surface area contributed by atoms with E-state index in [0.29, 0.717) is 21.7 Å². The second-order valence-electron chi connectivity index (χ2n) is 7.09. The number of rotatable bonds is 4. The number of carbonyl (C=O) groups is 1. The molecule has 6 heteroatoms. The first kappa shape index (κ1) is 17.8. The number of nitrogens with one attached hydrogen (secondary N) is 2. The average Bonchev–Trinajstić information content (AvgIpc) is 3.10. The summed E-state index contributed by atoms with van der Waals surface area (Å²) < 4.78 is 26.4. The second-order valence-corrected chi connectivity index (χ2v) is 9.01. The van der Waals surface area contributed by atoms with E-state index in [1.807, 2.05) is 36.4 Å². The zero-order chi connectivity index (χ0) is 19.0. The van der Waals surface area contributed by atoms with Crippen molar-refractivity contribution in [2.24, 2.45) is 0 Å². The number of fused-ring (bicyclic) bond motifs is 2. The standard InChI is InChI=1S/C21H22N2O3S/c1-14(24)22-12-16-6-4-5-15-11-17(9-10-18(15)16)27(25,26)21-13-23-20-8-3-2-7-19(20)21/h2-3,7-11,13,16,23H,4-6,12H2,1H3,(H,22,24)/t16-/m0/s1. The van der Waals surface area contributed by atoms with Gasteiger partial charge in [0.1, 0.15) is 0 Å². The van der Waals surface area contributed by atoms with Crippen LogP contribution in [0.4, 0.5) is 0 Å². The van der Waals surface area contributed by atoms with Crippen LogP contribution >= 0.6 is 0 Å². The topological polar surface area (TPSA) is 79.0 Å². The van der Waals surface area contributed by atoms with Crippen LogP contribution in [0.15, 0.2) is 58.5 Å². The number of aryl methyl sites for hydroxylation is 1. The van der Waals surface area contributed by atoms with Crippen molar-refractivity contribution in [3.63, 3.8) is 0 Å². The summed E-state index contributed by atoms with van der Waals surface area (Å²) in [4.78, 5) is 14.9. The third kappa shape index (κ3) is 3.25. The van der Waals surface area contributed by atoms with Gasteiger partial charge in [-0.15, -0.1) is 0 Å². The van der Waals surface area contributed by atoms with Gasteiger partial charge >= 0.3 is 0 Å². The number of aromatic amines is 1. The van der Waals surface area contributed by atoms with Gasteiger partial charge in [0.25, 0.3) is 0 Å². The van der Waals surface area contributed by atoms with Crippen LogP contribution < -0.4 is 5.32 Å². The van der Waals surface area contributed by atoms with E-state index in [0.717, 1.165) is 35.9 Å². The van der Waals surface area contributed by atoms with E-state index in [1.54, 1.807) is 12.3 Å². The van der Waals surface area contributed by atoms with E-state index >= 15 is 0 Å². The van der Waals surface area contributed by atoms with E-state index in [9.17, 15) is 13.2 Å². The molecule has 0 spiro atoms. The summed E-state index contributed by atoms with van der Waals surface area (Å²) in [5.41, 5.74) is 3.02. The lowest BCUT2D eigenvalue weighted by Crippen LogP contribution is -2.28. The number of benzene rings is 2. The van der Waals surface area contributed by atoms with Gasteiger partial charge in [-0.1, -0.05) is 24.3 Å². The van der Waals surface area contributed by atoms with Gasteiger partial charge in [0.2, 0.25) is 15.7 Å². The molecule has 1 aliphatic rings. The van der Waals surface area contributed by atoms with Crippen LogP contribution in [0.3, 0.4) is 0 Å². The smallest absolute Gasteiger partial charge is 0.216 e. The van der Waals surface area contributed by atoms with Crippen molar-refractivity contribution in [3.8, 4) is 0 Å². The summed E-state index contributed by atoms with van der Waals surface area (Å²) in [6.07, 6.45) is 4.43. The van der Waals surface area contributed by atoms with Crippen LogP contribution in [0.1, 0.15) is 36.8 Å². The largest absolute Gasteiger partial charge is 0.360 e. The lowest BCUT2D eigenvalue weighted by atomic mass is 9.83. The van der Waals surface area contributed by atoms with Crippen molar-refractivity contribution in [3.05, 3.63) is 59.8 Å². The quantitative estimate of drug-likeness (QED) is 0.724. The van der Waals surface area contributed by atoms with Crippen LogP contribution in [-0.2, 0) is 21.1 Å². The van der Waals surface area contributed by atoms with Crippen molar-refractivity contribution in [2.45, 2.75) is 41.9 Å². The Balaban J connectivity index is 1.72. The molecular weight excluding hydrogens is 360 g/mol. The highest BCUT2D eigenvalue weighted by Crippen LogP contribution is 2.35. The lowest BCUT2D eigenvalue weighted by Gasteiger charge is -2.26. The lowest BCUT2D eigenvalue weighted by molar-refractivity contribution is -0.119. The van der Waals surface area contributed by atoms with Gasteiger partial charge in [0.15, 0.2) is 0 Å². The Hall–Kier alpha value is -2.60. The SMILES string of the molecule is CC(=O)NC[C@@H]1CCCc2cc(S(=O)(=O)c3c[nH]c4ccccc34)ccc21. The molecule has 1 aliphatic carbocycles. The van der Waals surface area contributed by atoms with Gasteiger partial charge in [-0.05, 0) is 48.6 Å². The van der Waals surface area contributed by atoms with E-state index in [1.165, 1.54) is 6.92 Å². The fourth-order valence-corrected chi connectivity index (χ4v) is 5.41. The summed E-state index contributed by atoms with van der Waals surface area (Å²) in [5.74, 6) is 0.197. The monoisotopic (exact) mass is 382 g/mol. The molecule has 4 rings (SSSR count). The molecule has 0 radical (unpaired) electrons. The van der Waals surface area contributed by atoms with Gasteiger partial charge in [-0.2, -0.15) is 0 Å². The molecule has 0 unspecified atom stereocenters. The molecule has 0 saturated carbocycles. The van der Waals surface area contributed by atoms with Gasteiger partial charge in [-0.3, -0.25) is 4.79 Å². The molecular formula is C21H22N2O3S. The van der Waals surface area contributed by atoms with Crippen LogP contribution in [0.25, 0.3) is 10.9 Å². The van der Waals surface area contributed by atoms with Crippen molar-refractivity contribution in [1.82, 2.24) is 10.3 Å². The number of para-hydroxylation sites is 1. The molecule has 1 aromatic heterocycles. The number of sulfone groups is 1. The molecule has 2 aromatic carbocycles. The maximum Gasteiger partial charge on any atom is 0.216 e. The first-order valence-electron chi connectivity index (χ1n) is 9.15. The molecule has 1 atom stereocenters. The number of aromatic nitrogens is 1. The number of H-pyrrole nitrogens is 1. The highest BCUT2D eigenvalue weighted by molar-refractivity contribution is 7.91. The van der Waals surface area contributed by atoms with E-state index in [2.05, 4.69) is 10.3 Å². The van der Waals surface area contributed by atoms with E-state index in [-0.39, 0.29) is 11.8 Å². The van der Waals surface area contributed by atoms with Gasteiger partial charge in [0.05, 0.1) is 9.79 Å². The van der Waals surface area contributed by atoms with Crippen molar-refractivity contribution in [1.29, 1.82) is 0 Å². The molecule has 0 bridgehead atoms. The number of hydrogen-bond acceptors (Lipinski definition) is 3. The molecule has 0 saturated heterocycles. The summed E-state index contributed by atoms with van der Waals surface area (Å²) in [6, 6.07) is 12.8. The summed E-state index contributed by atoms with van der Waals surface area (Å²) in [6.45, 7) is 2.11. The predicted molar refractivity (Wildman–Crippen MR) is 105 cm³/mol. The summed E-state index contributed by atoms with van der Waals surface area (Å²) in [5, 5.41) is 3.59. The first-order chi connectivity index (χ1) is 13.0. The minimum Gasteiger partial charge on any atom is -0.360 e. The van der Waals surface area contributed by atoms with E-state index in [4.69, 9.17) is 0 Å². The highest BCUT2D eigenvalue weighted by Gasteiger charge is 2.26. The first-order valence-corrected chi connectivity index (χ1v) is 10.6. The minimum atomic E-state index is -3.60. The third-order valence-corrected chi connectivity index (χ3v) is 7.09. The van der Waals surface area contributed by atoms with Crippen molar-refractivity contribution in [2.75, 3.05) is 6.54 Å². The Morgan fingerprint density at radius 2 is 2.04 bits per heavy atom. The number of carbonyl (C=O) groups excluding carboxylic acids is 1. The van der Waals surface area contributed by atoms with Crippen molar-refractivity contribution < 1.29 is 13.2 Å². The Morgan fingerprint density at radius 3 is 2.85 bits per heavy atom. The van der Waals surface area contributed by atoms with Crippen molar-refractivity contribution >= 4 is 26.6 Å². The fourth-order valence-electron chi connectivity index (χ4n) is 3.93. The molecule has 0 aliphatic heterocycles. The average molecular weight is 382 g/mol. The third-order valence-electron chi connectivity index (χ3n) is 5.30. The highest BCUT2D eigenvalue weighted by atomic mass is 32.2. The molecule has 5 nitrogen and oxygen atoms in total. The zero-order valence-electron chi connectivity index (χ0n) is 15.2. The Labute approximate surface area is 158 Å². The summed E-state index contributed by atoms with van der Waals surface area (Å²) in [7, 11) is -3.60. The van der Waals surface area contributed by atoms with E-state index < -0.39 is 9.84 Å². The molecule has 140 valence electrons. The predicted octanol–water partition coefficient (Wildman–Crippen LogP) is 3.56. The molecule has 1 heterocycles. The van der Waals surface area contributed by atoms with Crippen LogP contribution in [0.2, 0.25) is 0 Å². The Kier molecular flexibility index (Phi) is 4.52. The normalized spacial score (nSPS) is 16.9. The number of amides is 1. The molecule has 2 N–H and O–H groups in total. The van der Waals surface area contributed by atoms with Gasteiger partial charge in [-0.25, -0.2) is 8.42 Å². The zero-order valence-corrected chi connectivity index (χ0v) is 16.0. The summed E-state index contributed by atoms with van der Waals surface area (Å²) >= 11 is 0. The molecule has 27 heavy (non-hydrogen) atoms. The minimum absolute atomic E-state index is 0.0411. The fraction of sp³-hybridized carbons (Fsp3) is 0.286. The maximum atomic E-state index is 13.2. The van der Waals surface area contributed by atoms with Crippen LogP contribution in [0.5, 0.6) is 0 Å². The molecule has 3 aromatic rings. The van der Waals surface area contributed by atoms with Crippen LogP contribution in [-0.4, -0.2) is 25.9 Å². The van der Waals surface area contributed by atoms with Gasteiger partial charge in [0, 0.05) is 36.5 Å². The Morgan fingerprint density at radius 1 is 1.22 bits per heavy atom.